The predicted molar refractivity (Wildman–Crippen MR) is 69.3 cm³/mol. The fraction of sp³-hybridized carbons (Fsp3) is 0.462. The van der Waals surface area contributed by atoms with Crippen LogP contribution in [0, 0.1) is 23.7 Å². The summed E-state index contributed by atoms with van der Waals surface area (Å²) in [7, 11) is 0. The molecule has 0 unspecified atom stereocenters. The van der Waals surface area contributed by atoms with E-state index in [0.29, 0.717) is 6.42 Å². The molecule has 0 radical (unpaired) electrons. The molecule has 0 aromatic heterocycles. The first-order valence-corrected chi connectivity index (χ1v) is 6.31. The summed E-state index contributed by atoms with van der Waals surface area (Å²) in [5.41, 5.74) is 2.62. The van der Waals surface area contributed by atoms with Crippen molar-refractivity contribution >= 4 is 21.6 Å². The Morgan fingerprint density at radius 1 is 1.50 bits per heavy atom. The van der Waals surface area contributed by atoms with Gasteiger partial charge in [0.1, 0.15) is 0 Å². The minimum Gasteiger partial charge on any atom is -0.384 e. The van der Waals surface area contributed by atoms with Gasteiger partial charge in [-0.2, -0.15) is 5.26 Å². The molecule has 0 atom stereocenters. The van der Waals surface area contributed by atoms with Crippen LogP contribution in [-0.2, 0) is 0 Å². The van der Waals surface area contributed by atoms with Gasteiger partial charge in [-0.15, -0.1) is 0 Å². The Bertz CT molecular complexity index is 430. The number of hydrogen-bond acceptors (Lipinski definition) is 2. The number of nitrogens with one attached hydrogen (secondary N) is 1. The largest absolute Gasteiger partial charge is 0.384 e. The molecule has 2 nitrogen and oxygen atoms in total. The highest BCUT2D eigenvalue weighted by atomic mass is 79.9. The Balaban J connectivity index is 1.95. The van der Waals surface area contributed by atoms with Gasteiger partial charge in [0.25, 0.3) is 0 Å². The van der Waals surface area contributed by atoms with Gasteiger partial charge in [-0.1, -0.05) is 22.0 Å². The quantitative estimate of drug-likeness (QED) is 0.908. The molecule has 16 heavy (non-hydrogen) atoms. The van der Waals surface area contributed by atoms with E-state index in [4.69, 9.17) is 5.26 Å². The Kier molecular flexibility index (Phi) is 3.20. The molecule has 1 aromatic rings. The van der Waals surface area contributed by atoms with Crippen LogP contribution >= 0.6 is 15.9 Å². The number of anilines is 1. The molecule has 1 saturated carbocycles. The standard InChI is InChI=1S/C13H15BrN2/c1-10-2-3-11(8-12(10)14)16-9-13(4-5-13)6-7-15/h2-3,8,16H,4-6,9H2,1H3. The monoisotopic (exact) mass is 278 g/mol. The van der Waals surface area contributed by atoms with Gasteiger partial charge in [-0.05, 0) is 37.5 Å². The molecular formula is C13H15BrN2. The van der Waals surface area contributed by atoms with E-state index in [9.17, 15) is 0 Å². The summed E-state index contributed by atoms with van der Waals surface area (Å²) in [4.78, 5) is 0. The highest BCUT2D eigenvalue weighted by molar-refractivity contribution is 9.10. The van der Waals surface area contributed by atoms with Crippen molar-refractivity contribution in [2.75, 3.05) is 11.9 Å². The molecule has 1 aromatic carbocycles. The lowest BCUT2D eigenvalue weighted by Crippen LogP contribution is -2.14. The Morgan fingerprint density at radius 3 is 2.81 bits per heavy atom. The molecule has 0 saturated heterocycles. The summed E-state index contributed by atoms with van der Waals surface area (Å²) < 4.78 is 1.13. The van der Waals surface area contributed by atoms with E-state index in [2.05, 4.69) is 52.4 Å². The van der Waals surface area contributed by atoms with E-state index in [-0.39, 0.29) is 5.41 Å². The van der Waals surface area contributed by atoms with Gasteiger partial charge in [0, 0.05) is 28.5 Å². The van der Waals surface area contributed by atoms with Crippen molar-refractivity contribution in [2.24, 2.45) is 5.41 Å². The number of nitrogens with zero attached hydrogens (tertiary/aromatic N) is 1. The van der Waals surface area contributed by atoms with Crippen molar-refractivity contribution in [3.63, 3.8) is 0 Å². The fourth-order valence-electron chi connectivity index (χ4n) is 1.75. The third-order valence-corrected chi connectivity index (χ3v) is 4.10. The molecule has 1 aliphatic carbocycles. The third-order valence-electron chi connectivity index (χ3n) is 3.25. The van der Waals surface area contributed by atoms with Crippen LogP contribution in [0.25, 0.3) is 0 Å². The molecule has 3 heteroatoms. The van der Waals surface area contributed by atoms with Gasteiger partial charge >= 0.3 is 0 Å². The fourth-order valence-corrected chi connectivity index (χ4v) is 2.13. The average molecular weight is 279 g/mol. The number of halogens is 1. The van der Waals surface area contributed by atoms with Gasteiger partial charge in [-0.25, -0.2) is 0 Å². The predicted octanol–water partition coefficient (Wildman–Crippen LogP) is 3.86. The lowest BCUT2D eigenvalue weighted by Gasteiger charge is -2.14. The maximum Gasteiger partial charge on any atom is 0.0628 e. The summed E-state index contributed by atoms with van der Waals surface area (Å²) in [5.74, 6) is 0. The summed E-state index contributed by atoms with van der Waals surface area (Å²) >= 11 is 3.52. The molecule has 0 bridgehead atoms. The highest BCUT2D eigenvalue weighted by Crippen LogP contribution is 2.48. The normalized spacial score (nSPS) is 16.6. The minimum atomic E-state index is 0.256. The van der Waals surface area contributed by atoms with Crippen LogP contribution < -0.4 is 5.32 Å². The summed E-state index contributed by atoms with van der Waals surface area (Å²) in [6, 6.07) is 8.55. The molecule has 0 aliphatic heterocycles. The van der Waals surface area contributed by atoms with Crippen molar-refractivity contribution < 1.29 is 0 Å². The van der Waals surface area contributed by atoms with Crippen molar-refractivity contribution in [2.45, 2.75) is 26.2 Å². The first kappa shape index (κ1) is 11.5. The van der Waals surface area contributed by atoms with Crippen LogP contribution in [0.5, 0.6) is 0 Å². The molecule has 0 heterocycles. The number of hydrogen-bond donors (Lipinski definition) is 1. The first-order chi connectivity index (χ1) is 7.65. The number of benzene rings is 1. The molecule has 2 rings (SSSR count). The molecule has 1 fully saturated rings. The maximum absolute atomic E-state index is 8.73. The zero-order valence-corrected chi connectivity index (χ0v) is 11.0. The third kappa shape index (κ3) is 2.56. The second-order valence-corrected chi connectivity index (χ2v) is 5.51. The van der Waals surface area contributed by atoms with Gasteiger partial charge < -0.3 is 5.32 Å². The van der Waals surface area contributed by atoms with Gasteiger partial charge in [-0.3, -0.25) is 0 Å². The minimum absolute atomic E-state index is 0.256. The average Bonchev–Trinajstić information content (AvgIpc) is 3.01. The van der Waals surface area contributed by atoms with Gasteiger partial charge in [0.2, 0.25) is 0 Å². The molecule has 84 valence electrons. The van der Waals surface area contributed by atoms with Gasteiger partial charge in [0.15, 0.2) is 0 Å². The first-order valence-electron chi connectivity index (χ1n) is 5.52. The smallest absolute Gasteiger partial charge is 0.0628 e. The van der Waals surface area contributed by atoms with E-state index in [1.165, 1.54) is 18.4 Å². The lowest BCUT2D eigenvalue weighted by molar-refractivity contribution is 0.557. The molecule has 0 spiro atoms. The van der Waals surface area contributed by atoms with Gasteiger partial charge in [0.05, 0.1) is 6.07 Å². The maximum atomic E-state index is 8.73. The van der Waals surface area contributed by atoms with Crippen molar-refractivity contribution in [1.29, 1.82) is 5.26 Å². The second-order valence-electron chi connectivity index (χ2n) is 4.65. The van der Waals surface area contributed by atoms with Crippen LogP contribution in [0.4, 0.5) is 5.69 Å². The van der Waals surface area contributed by atoms with Crippen molar-refractivity contribution in [1.82, 2.24) is 0 Å². The van der Waals surface area contributed by atoms with E-state index in [0.717, 1.165) is 16.7 Å². The van der Waals surface area contributed by atoms with E-state index < -0.39 is 0 Å². The van der Waals surface area contributed by atoms with Crippen LogP contribution in [0.3, 0.4) is 0 Å². The van der Waals surface area contributed by atoms with Crippen molar-refractivity contribution in [3.8, 4) is 6.07 Å². The van der Waals surface area contributed by atoms with E-state index >= 15 is 0 Å². The van der Waals surface area contributed by atoms with E-state index in [1.54, 1.807) is 0 Å². The summed E-state index contributed by atoms with van der Waals surface area (Å²) in [6.07, 6.45) is 3.04. The Hall–Kier alpha value is -1.01. The number of aryl methyl sites for hydroxylation is 1. The topological polar surface area (TPSA) is 35.8 Å². The Labute approximate surface area is 105 Å². The molecule has 1 aliphatic rings. The van der Waals surface area contributed by atoms with Crippen LogP contribution in [0.2, 0.25) is 0 Å². The zero-order valence-electron chi connectivity index (χ0n) is 9.39. The molecule has 1 N–H and O–H groups in total. The van der Waals surface area contributed by atoms with E-state index in [1.807, 2.05) is 0 Å². The van der Waals surface area contributed by atoms with Crippen LogP contribution in [-0.4, -0.2) is 6.54 Å². The van der Waals surface area contributed by atoms with Crippen molar-refractivity contribution in [3.05, 3.63) is 28.2 Å². The highest BCUT2D eigenvalue weighted by Gasteiger charge is 2.42. The van der Waals surface area contributed by atoms with Crippen LogP contribution in [0.15, 0.2) is 22.7 Å². The number of nitriles is 1. The molecule has 0 amide bonds. The number of rotatable bonds is 4. The summed E-state index contributed by atoms with van der Waals surface area (Å²) in [6.45, 7) is 2.99. The van der Waals surface area contributed by atoms with Crippen LogP contribution in [0.1, 0.15) is 24.8 Å². The lowest BCUT2D eigenvalue weighted by atomic mass is 10.0. The SMILES string of the molecule is Cc1ccc(NCC2(CC#N)CC2)cc1Br. The zero-order chi connectivity index (χ0) is 11.6. The summed E-state index contributed by atoms with van der Waals surface area (Å²) in [5, 5.41) is 12.2. The Morgan fingerprint density at radius 2 is 2.25 bits per heavy atom. The second kappa shape index (κ2) is 4.47. The molecular weight excluding hydrogens is 264 g/mol.